The predicted molar refractivity (Wildman–Crippen MR) is 107 cm³/mol. The van der Waals surface area contributed by atoms with E-state index in [0.29, 0.717) is 47.5 Å². The van der Waals surface area contributed by atoms with Gasteiger partial charge in [-0.05, 0) is 42.8 Å². The van der Waals surface area contributed by atoms with Crippen molar-refractivity contribution >= 4 is 11.6 Å². The molecule has 0 saturated carbocycles. The molecule has 0 aliphatic carbocycles. The minimum absolute atomic E-state index is 0.247. The predicted octanol–water partition coefficient (Wildman–Crippen LogP) is 4.57. The molecule has 0 saturated heterocycles. The Morgan fingerprint density at radius 2 is 1.90 bits per heavy atom. The summed E-state index contributed by atoms with van der Waals surface area (Å²) in [4.78, 5) is 17.2. The van der Waals surface area contributed by atoms with Crippen molar-refractivity contribution in [2.45, 2.75) is 13.3 Å². The van der Waals surface area contributed by atoms with Gasteiger partial charge in [0, 0.05) is 5.69 Å². The fourth-order valence-corrected chi connectivity index (χ4v) is 2.92. The maximum atomic E-state index is 12.8. The molecule has 0 bridgehead atoms. The van der Waals surface area contributed by atoms with Crippen LogP contribution in [0.4, 0.5) is 5.69 Å². The first-order valence-electron chi connectivity index (χ1n) is 9.22. The standard InChI is InChI=1S/C22H19N3O4/c1-2-27-18-11-6-4-9-16(18)22(26)23-17-10-5-3-8-15(17)14-20-24-21(25-29-20)19-12-7-13-28-19/h3-13H,2,14H2,1H3,(H,23,26). The Bertz CT molecular complexity index is 1100. The van der Waals surface area contributed by atoms with Crippen molar-refractivity contribution in [3.8, 4) is 17.3 Å². The van der Waals surface area contributed by atoms with Crippen LogP contribution in [0, 0.1) is 0 Å². The quantitative estimate of drug-likeness (QED) is 0.498. The van der Waals surface area contributed by atoms with Crippen molar-refractivity contribution in [1.29, 1.82) is 0 Å². The van der Waals surface area contributed by atoms with E-state index in [1.165, 1.54) is 0 Å². The second-order valence-corrected chi connectivity index (χ2v) is 6.21. The highest BCUT2D eigenvalue weighted by Gasteiger charge is 2.16. The fraction of sp³-hybridized carbons (Fsp3) is 0.136. The zero-order valence-electron chi connectivity index (χ0n) is 15.8. The van der Waals surface area contributed by atoms with Gasteiger partial charge in [-0.25, -0.2) is 0 Å². The third kappa shape index (κ3) is 4.19. The van der Waals surface area contributed by atoms with Crippen LogP contribution in [0.3, 0.4) is 0 Å². The molecule has 4 rings (SSSR count). The Balaban J connectivity index is 1.54. The van der Waals surface area contributed by atoms with Crippen molar-refractivity contribution in [1.82, 2.24) is 10.1 Å². The normalized spacial score (nSPS) is 10.7. The Hall–Kier alpha value is -3.87. The van der Waals surface area contributed by atoms with Crippen molar-refractivity contribution in [3.63, 3.8) is 0 Å². The van der Waals surface area contributed by atoms with Gasteiger partial charge in [0.15, 0.2) is 5.76 Å². The highest BCUT2D eigenvalue weighted by molar-refractivity contribution is 6.06. The van der Waals surface area contributed by atoms with Gasteiger partial charge < -0.3 is 19.0 Å². The van der Waals surface area contributed by atoms with Gasteiger partial charge in [-0.2, -0.15) is 4.98 Å². The van der Waals surface area contributed by atoms with E-state index in [2.05, 4.69) is 15.5 Å². The van der Waals surface area contributed by atoms with Gasteiger partial charge in [-0.3, -0.25) is 4.79 Å². The molecule has 2 heterocycles. The van der Waals surface area contributed by atoms with Crippen LogP contribution in [0.25, 0.3) is 11.6 Å². The lowest BCUT2D eigenvalue weighted by atomic mass is 10.1. The van der Waals surface area contributed by atoms with Crippen molar-refractivity contribution in [2.75, 3.05) is 11.9 Å². The van der Waals surface area contributed by atoms with Crippen LogP contribution < -0.4 is 10.1 Å². The highest BCUT2D eigenvalue weighted by atomic mass is 16.5. The molecule has 29 heavy (non-hydrogen) atoms. The zero-order chi connectivity index (χ0) is 20.1. The summed E-state index contributed by atoms with van der Waals surface area (Å²) in [5, 5.41) is 6.89. The van der Waals surface area contributed by atoms with Gasteiger partial charge in [-0.15, -0.1) is 0 Å². The summed E-state index contributed by atoms with van der Waals surface area (Å²) in [5.74, 6) is 1.65. The van der Waals surface area contributed by atoms with Gasteiger partial charge in [0.1, 0.15) is 5.75 Å². The van der Waals surface area contributed by atoms with E-state index in [4.69, 9.17) is 13.7 Å². The van der Waals surface area contributed by atoms with Gasteiger partial charge >= 0.3 is 0 Å². The molecule has 1 N–H and O–H groups in total. The number of ether oxygens (including phenoxy) is 1. The SMILES string of the molecule is CCOc1ccccc1C(=O)Nc1ccccc1Cc1nc(-c2ccco2)no1. The van der Waals surface area contributed by atoms with E-state index in [1.807, 2.05) is 37.3 Å². The molecule has 0 aliphatic rings. The third-order valence-corrected chi connectivity index (χ3v) is 4.25. The average molecular weight is 389 g/mol. The molecule has 0 fully saturated rings. The molecule has 146 valence electrons. The molecule has 0 radical (unpaired) electrons. The topological polar surface area (TPSA) is 90.4 Å². The largest absolute Gasteiger partial charge is 0.493 e. The van der Waals surface area contributed by atoms with E-state index in [9.17, 15) is 4.79 Å². The first-order valence-corrected chi connectivity index (χ1v) is 9.22. The van der Waals surface area contributed by atoms with E-state index >= 15 is 0 Å². The molecule has 7 heteroatoms. The summed E-state index contributed by atoms with van der Waals surface area (Å²) in [6.07, 6.45) is 1.92. The lowest BCUT2D eigenvalue weighted by Crippen LogP contribution is -2.15. The minimum Gasteiger partial charge on any atom is -0.493 e. The number of anilines is 1. The van der Waals surface area contributed by atoms with E-state index in [-0.39, 0.29) is 5.91 Å². The van der Waals surface area contributed by atoms with E-state index in [0.717, 1.165) is 5.56 Å². The average Bonchev–Trinajstić information content (AvgIpc) is 3.42. The Morgan fingerprint density at radius 3 is 2.72 bits per heavy atom. The van der Waals surface area contributed by atoms with Crippen LogP contribution in [-0.2, 0) is 6.42 Å². The highest BCUT2D eigenvalue weighted by Crippen LogP contribution is 2.24. The molecule has 0 unspecified atom stereocenters. The first kappa shape index (κ1) is 18.5. The van der Waals surface area contributed by atoms with Crippen molar-refractivity contribution < 1.29 is 18.5 Å². The van der Waals surface area contributed by atoms with Gasteiger partial charge in [0.2, 0.25) is 11.7 Å². The molecule has 0 atom stereocenters. The smallest absolute Gasteiger partial charge is 0.259 e. The molecule has 0 spiro atoms. The molecular weight excluding hydrogens is 370 g/mol. The molecule has 0 aliphatic heterocycles. The van der Waals surface area contributed by atoms with Gasteiger partial charge in [0.05, 0.1) is 24.9 Å². The molecule has 7 nitrogen and oxygen atoms in total. The number of carbonyl (C=O) groups is 1. The first-order chi connectivity index (χ1) is 14.2. The molecular formula is C22H19N3O4. The van der Waals surface area contributed by atoms with Gasteiger partial charge in [-0.1, -0.05) is 35.5 Å². The molecule has 4 aromatic rings. The summed E-state index contributed by atoms with van der Waals surface area (Å²) in [5.41, 5.74) is 1.99. The maximum absolute atomic E-state index is 12.8. The fourth-order valence-electron chi connectivity index (χ4n) is 2.92. The molecule has 2 aromatic heterocycles. The van der Waals surface area contributed by atoms with Crippen molar-refractivity contribution in [2.24, 2.45) is 0 Å². The number of aromatic nitrogens is 2. The lowest BCUT2D eigenvalue weighted by molar-refractivity contribution is 0.102. The minimum atomic E-state index is -0.247. The number of amides is 1. The van der Waals surface area contributed by atoms with Crippen LogP contribution in [0.5, 0.6) is 5.75 Å². The summed E-state index contributed by atoms with van der Waals surface area (Å²) < 4.78 is 16.2. The Labute approximate surface area is 167 Å². The number of para-hydroxylation sites is 2. The number of benzene rings is 2. The Kier molecular flexibility index (Phi) is 5.38. The molecule has 1 amide bonds. The number of hydrogen-bond acceptors (Lipinski definition) is 6. The number of carbonyl (C=O) groups excluding carboxylic acids is 1. The number of nitrogens with zero attached hydrogens (tertiary/aromatic N) is 2. The summed E-state index contributed by atoms with van der Waals surface area (Å²) in [7, 11) is 0. The maximum Gasteiger partial charge on any atom is 0.259 e. The van der Waals surface area contributed by atoms with Crippen LogP contribution >= 0.6 is 0 Å². The summed E-state index contributed by atoms with van der Waals surface area (Å²) in [6.45, 7) is 2.36. The third-order valence-electron chi connectivity index (χ3n) is 4.25. The zero-order valence-corrected chi connectivity index (χ0v) is 15.8. The number of rotatable bonds is 7. The summed E-state index contributed by atoms with van der Waals surface area (Å²) >= 11 is 0. The second kappa shape index (κ2) is 8.43. The van der Waals surface area contributed by atoms with Crippen LogP contribution in [0.15, 0.2) is 75.9 Å². The number of nitrogens with one attached hydrogen (secondary N) is 1. The van der Waals surface area contributed by atoms with Crippen LogP contribution in [0.1, 0.15) is 28.7 Å². The monoisotopic (exact) mass is 389 g/mol. The van der Waals surface area contributed by atoms with Gasteiger partial charge in [0.25, 0.3) is 5.91 Å². The van der Waals surface area contributed by atoms with E-state index < -0.39 is 0 Å². The second-order valence-electron chi connectivity index (χ2n) is 6.21. The van der Waals surface area contributed by atoms with Crippen molar-refractivity contribution in [3.05, 3.63) is 83.9 Å². The lowest BCUT2D eigenvalue weighted by Gasteiger charge is -2.12. The molecule has 2 aromatic carbocycles. The summed E-state index contributed by atoms with van der Waals surface area (Å²) in [6, 6.07) is 18.2. The van der Waals surface area contributed by atoms with Crippen LogP contribution in [0.2, 0.25) is 0 Å². The number of hydrogen-bond donors (Lipinski definition) is 1. The van der Waals surface area contributed by atoms with E-state index in [1.54, 1.807) is 36.6 Å². The Morgan fingerprint density at radius 1 is 1.07 bits per heavy atom. The van der Waals surface area contributed by atoms with Crippen LogP contribution in [-0.4, -0.2) is 22.7 Å². The number of furan rings is 1.